The van der Waals surface area contributed by atoms with Gasteiger partial charge in [0, 0.05) is 35.3 Å². The summed E-state index contributed by atoms with van der Waals surface area (Å²) in [6.45, 7) is 0.643. The number of hydrogen-bond acceptors (Lipinski definition) is 2. The molecule has 1 heterocycles. The van der Waals surface area contributed by atoms with E-state index in [0.717, 1.165) is 28.5 Å². The van der Waals surface area contributed by atoms with Crippen LogP contribution in [-0.2, 0) is 13.5 Å². The summed E-state index contributed by atoms with van der Waals surface area (Å²) in [5, 5.41) is 9.62. The van der Waals surface area contributed by atoms with Crippen LogP contribution in [0.25, 0.3) is 10.9 Å². The molecule has 0 bridgehead atoms. The maximum Gasteiger partial charge on any atom is 0.0706 e. The molecule has 0 amide bonds. The van der Waals surface area contributed by atoms with Gasteiger partial charge in [-0.05, 0) is 30.7 Å². The minimum absolute atomic E-state index is 0.561. The van der Waals surface area contributed by atoms with Crippen LogP contribution >= 0.6 is 0 Å². The lowest BCUT2D eigenvalue weighted by Gasteiger charge is -2.04. The maximum absolute atomic E-state index is 8.50. The first kappa shape index (κ1) is 13.6. The van der Waals surface area contributed by atoms with Crippen LogP contribution in [0.5, 0.6) is 0 Å². The number of benzene rings is 2. The summed E-state index contributed by atoms with van der Waals surface area (Å²) in [7, 11) is 2.02. The van der Waals surface area contributed by atoms with Crippen molar-refractivity contribution in [1.29, 1.82) is 5.41 Å². The summed E-state index contributed by atoms with van der Waals surface area (Å²) in [6.07, 6.45) is 2.90. The lowest BCUT2D eigenvalue weighted by atomic mass is 10.0. The van der Waals surface area contributed by atoms with Crippen LogP contribution < -0.4 is 5.73 Å². The molecule has 0 unspecified atom stereocenters. The molecule has 21 heavy (non-hydrogen) atoms. The van der Waals surface area contributed by atoms with Crippen LogP contribution in [0.15, 0.2) is 54.7 Å². The van der Waals surface area contributed by atoms with E-state index in [2.05, 4.69) is 22.8 Å². The second-order valence-corrected chi connectivity index (χ2v) is 5.28. The van der Waals surface area contributed by atoms with Gasteiger partial charge < -0.3 is 10.3 Å². The Morgan fingerprint density at radius 3 is 2.62 bits per heavy atom. The minimum Gasteiger partial charge on any atom is -0.350 e. The molecule has 0 fully saturated rings. The van der Waals surface area contributed by atoms with Gasteiger partial charge in [-0.3, -0.25) is 5.41 Å². The van der Waals surface area contributed by atoms with Gasteiger partial charge in [0.05, 0.1) is 5.71 Å². The molecular formula is C18H19N3. The summed E-state index contributed by atoms with van der Waals surface area (Å²) in [4.78, 5) is 0. The normalized spacial score (nSPS) is 11.0. The van der Waals surface area contributed by atoms with Gasteiger partial charge in [-0.1, -0.05) is 36.4 Å². The Bertz CT molecular complexity index is 785. The zero-order valence-corrected chi connectivity index (χ0v) is 12.1. The van der Waals surface area contributed by atoms with Gasteiger partial charge in [0.15, 0.2) is 0 Å². The van der Waals surface area contributed by atoms with Crippen molar-refractivity contribution in [3.8, 4) is 0 Å². The predicted octanol–water partition coefficient (Wildman–Crippen LogP) is 3.10. The third-order valence-corrected chi connectivity index (χ3v) is 3.82. The van der Waals surface area contributed by atoms with Gasteiger partial charge >= 0.3 is 0 Å². The van der Waals surface area contributed by atoms with E-state index in [1.165, 1.54) is 5.56 Å². The zero-order valence-electron chi connectivity index (χ0n) is 12.1. The number of nitrogens with zero attached hydrogens (tertiary/aromatic N) is 1. The summed E-state index contributed by atoms with van der Waals surface area (Å²) in [6, 6.07) is 16.3. The number of rotatable bonds is 4. The molecule has 0 aliphatic carbocycles. The molecule has 3 rings (SSSR count). The van der Waals surface area contributed by atoms with Crippen molar-refractivity contribution in [2.24, 2.45) is 12.8 Å². The molecule has 0 aliphatic heterocycles. The smallest absolute Gasteiger partial charge is 0.0706 e. The van der Waals surface area contributed by atoms with Gasteiger partial charge in [0.25, 0.3) is 0 Å². The van der Waals surface area contributed by atoms with Crippen molar-refractivity contribution in [3.63, 3.8) is 0 Å². The summed E-state index contributed by atoms with van der Waals surface area (Å²) >= 11 is 0. The van der Waals surface area contributed by atoms with Crippen molar-refractivity contribution in [2.45, 2.75) is 6.42 Å². The van der Waals surface area contributed by atoms with Crippen LogP contribution in [0.4, 0.5) is 0 Å². The molecule has 0 aliphatic rings. The number of fused-ring (bicyclic) bond motifs is 1. The third kappa shape index (κ3) is 2.48. The Labute approximate surface area is 124 Å². The van der Waals surface area contributed by atoms with Gasteiger partial charge in [0.1, 0.15) is 0 Å². The molecule has 0 radical (unpaired) electrons. The average molecular weight is 277 g/mol. The van der Waals surface area contributed by atoms with Crippen molar-refractivity contribution < 1.29 is 0 Å². The number of nitrogens with two attached hydrogens (primary N) is 1. The molecule has 0 atom stereocenters. The lowest BCUT2D eigenvalue weighted by molar-refractivity contribution is 0.960. The van der Waals surface area contributed by atoms with Gasteiger partial charge in [-0.15, -0.1) is 0 Å². The first-order chi connectivity index (χ1) is 10.2. The van der Waals surface area contributed by atoms with Crippen LogP contribution in [0.2, 0.25) is 0 Å². The fourth-order valence-corrected chi connectivity index (χ4v) is 2.72. The molecule has 0 spiro atoms. The fourth-order valence-electron chi connectivity index (χ4n) is 2.72. The van der Waals surface area contributed by atoms with Crippen molar-refractivity contribution in [2.75, 3.05) is 6.54 Å². The average Bonchev–Trinajstić information content (AvgIpc) is 2.84. The summed E-state index contributed by atoms with van der Waals surface area (Å²) in [5.74, 6) is 0. The van der Waals surface area contributed by atoms with E-state index >= 15 is 0 Å². The fraction of sp³-hybridized carbons (Fsp3) is 0.167. The standard InChI is InChI=1S/C18H19N3/c1-21-12-16(18(20)14-5-3-2-4-6-14)15-11-13(9-10-19)7-8-17(15)21/h2-8,11-12,20H,9-10,19H2,1H3. The minimum atomic E-state index is 0.561. The highest BCUT2D eigenvalue weighted by Crippen LogP contribution is 2.24. The van der Waals surface area contributed by atoms with Crippen molar-refractivity contribution in [3.05, 3.63) is 71.4 Å². The van der Waals surface area contributed by atoms with Crippen LogP contribution in [0, 0.1) is 5.41 Å². The highest BCUT2D eigenvalue weighted by atomic mass is 14.9. The van der Waals surface area contributed by atoms with E-state index in [4.69, 9.17) is 11.1 Å². The quantitative estimate of drug-likeness (QED) is 0.707. The summed E-state index contributed by atoms with van der Waals surface area (Å²) in [5.41, 5.74) is 10.5. The molecule has 106 valence electrons. The molecule has 3 nitrogen and oxygen atoms in total. The van der Waals surface area contributed by atoms with Crippen LogP contribution in [-0.4, -0.2) is 16.8 Å². The van der Waals surface area contributed by atoms with E-state index in [0.29, 0.717) is 12.3 Å². The number of hydrogen-bond donors (Lipinski definition) is 2. The predicted molar refractivity (Wildman–Crippen MR) is 88.1 cm³/mol. The highest BCUT2D eigenvalue weighted by Gasteiger charge is 2.12. The monoisotopic (exact) mass is 277 g/mol. The molecule has 1 aromatic heterocycles. The van der Waals surface area contributed by atoms with Gasteiger partial charge in [0.2, 0.25) is 0 Å². The van der Waals surface area contributed by atoms with Crippen molar-refractivity contribution >= 4 is 16.6 Å². The Kier molecular flexibility index (Phi) is 3.59. The Balaban J connectivity index is 2.13. The lowest BCUT2D eigenvalue weighted by Crippen LogP contribution is -2.03. The molecule has 3 heteroatoms. The van der Waals surface area contributed by atoms with Crippen LogP contribution in [0.3, 0.4) is 0 Å². The second kappa shape index (κ2) is 5.54. The molecule has 0 saturated heterocycles. The third-order valence-electron chi connectivity index (χ3n) is 3.82. The Morgan fingerprint density at radius 1 is 1.14 bits per heavy atom. The first-order valence-corrected chi connectivity index (χ1v) is 7.13. The Hall–Kier alpha value is -2.39. The number of nitrogens with one attached hydrogen (secondary N) is 1. The molecular weight excluding hydrogens is 258 g/mol. The zero-order chi connectivity index (χ0) is 14.8. The van der Waals surface area contributed by atoms with E-state index in [-0.39, 0.29) is 0 Å². The van der Waals surface area contributed by atoms with Gasteiger partial charge in [-0.25, -0.2) is 0 Å². The largest absolute Gasteiger partial charge is 0.350 e. The van der Waals surface area contributed by atoms with Crippen LogP contribution in [0.1, 0.15) is 16.7 Å². The van der Waals surface area contributed by atoms with E-state index in [9.17, 15) is 0 Å². The molecule has 3 N–H and O–H groups in total. The maximum atomic E-state index is 8.50. The highest BCUT2D eigenvalue weighted by molar-refractivity contribution is 6.17. The van der Waals surface area contributed by atoms with Gasteiger partial charge in [-0.2, -0.15) is 0 Å². The Morgan fingerprint density at radius 2 is 1.90 bits per heavy atom. The summed E-state index contributed by atoms with van der Waals surface area (Å²) < 4.78 is 2.08. The first-order valence-electron chi connectivity index (χ1n) is 7.13. The van der Waals surface area contributed by atoms with E-state index in [1.54, 1.807) is 0 Å². The molecule has 3 aromatic rings. The van der Waals surface area contributed by atoms with E-state index < -0.39 is 0 Å². The van der Waals surface area contributed by atoms with Crippen molar-refractivity contribution in [1.82, 2.24) is 4.57 Å². The SMILES string of the molecule is Cn1cc(C(=N)c2ccccc2)c2cc(CCN)ccc21. The molecule has 2 aromatic carbocycles. The number of aryl methyl sites for hydroxylation is 1. The number of aromatic nitrogens is 1. The molecule has 0 saturated carbocycles. The topological polar surface area (TPSA) is 54.8 Å². The second-order valence-electron chi connectivity index (χ2n) is 5.28. The van der Waals surface area contributed by atoms with E-state index in [1.807, 2.05) is 43.6 Å².